The molecule has 1 aromatic carbocycles. The van der Waals surface area contributed by atoms with Gasteiger partial charge in [0.15, 0.2) is 9.84 Å². The first-order valence-electron chi connectivity index (χ1n) is 12.3. The number of piperidine rings is 1. The highest BCUT2D eigenvalue weighted by Crippen LogP contribution is 2.37. The average molecular weight is 540 g/mol. The van der Waals surface area contributed by atoms with E-state index >= 15 is 0 Å². The van der Waals surface area contributed by atoms with Gasteiger partial charge >= 0.3 is 0 Å². The van der Waals surface area contributed by atoms with Gasteiger partial charge in [-0.05, 0) is 62.4 Å². The normalized spacial score (nSPS) is 23.6. The van der Waals surface area contributed by atoms with E-state index in [0.29, 0.717) is 57.7 Å². The molecule has 5 rings (SSSR count). The van der Waals surface area contributed by atoms with Gasteiger partial charge in [0, 0.05) is 31.9 Å². The fraction of sp³-hybridized carbons (Fsp3) is 0.583. The van der Waals surface area contributed by atoms with Crippen LogP contribution in [0.3, 0.4) is 0 Å². The van der Waals surface area contributed by atoms with Crippen LogP contribution in [0, 0.1) is 0 Å². The Morgan fingerprint density at radius 3 is 2.64 bits per heavy atom. The molecule has 0 radical (unpaired) electrons. The van der Waals surface area contributed by atoms with Crippen LogP contribution in [0.5, 0.6) is 5.75 Å². The van der Waals surface area contributed by atoms with Crippen LogP contribution in [0.15, 0.2) is 52.5 Å². The summed E-state index contributed by atoms with van der Waals surface area (Å²) in [5, 5.41) is 13.6. The summed E-state index contributed by atoms with van der Waals surface area (Å²) in [7, 11) is -6.81. The van der Waals surface area contributed by atoms with E-state index in [1.165, 1.54) is 10.4 Å². The van der Waals surface area contributed by atoms with Crippen LogP contribution in [0.1, 0.15) is 32.1 Å². The predicted octanol–water partition coefficient (Wildman–Crippen LogP) is 1.29. The third-order valence-electron chi connectivity index (χ3n) is 7.21. The van der Waals surface area contributed by atoms with E-state index in [9.17, 15) is 21.9 Å². The molecule has 198 valence electrons. The standard InChI is InChI=1S/C24H33N3O7S2/c28-19(17-33-20-3-1-4-22(13-20)35(29,30)21-6-7-21)15-26-18-14-24(34-16-18)8-11-27(12-9-24)36(31,32)23-5-2-10-25-23/h1-5,10,13,18-19,21,25-26,28H,6-9,11-12,14-17H2. The number of aromatic nitrogens is 1. The first kappa shape index (κ1) is 25.7. The lowest BCUT2D eigenvalue weighted by Gasteiger charge is -2.37. The van der Waals surface area contributed by atoms with Gasteiger partial charge in [-0.1, -0.05) is 6.07 Å². The number of hydrogen-bond acceptors (Lipinski definition) is 8. The highest BCUT2D eigenvalue weighted by atomic mass is 32.2. The van der Waals surface area contributed by atoms with Gasteiger partial charge in [-0.25, -0.2) is 16.8 Å². The van der Waals surface area contributed by atoms with E-state index in [1.54, 1.807) is 36.5 Å². The first-order valence-corrected chi connectivity index (χ1v) is 15.3. The number of rotatable bonds is 10. The molecule has 36 heavy (non-hydrogen) atoms. The zero-order valence-electron chi connectivity index (χ0n) is 20.0. The van der Waals surface area contributed by atoms with Gasteiger partial charge in [0.25, 0.3) is 10.0 Å². The second-order valence-corrected chi connectivity index (χ2v) is 14.1. The van der Waals surface area contributed by atoms with Crippen molar-refractivity contribution < 1.29 is 31.4 Å². The summed E-state index contributed by atoms with van der Waals surface area (Å²) in [5.74, 6) is 0.417. The van der Waals surface area contributed by atoms with E-state index in [-0.39, 0.29) is 33.4 Å². The summed E-state index contributed by atoms with van der Waals surface area (Å²) in [6, 6.07) is 9.72. The third kappa shape index (κ3) is 5.48. The van der Waals surface area contributed by atoms with E-state index in [2.05, 4.69) is 10.3 Å². The summed E-state index contributed by atoms with van der Waals surface area (Å²) in [6.07, 6.45) is 4.22. The Labute approximate surface area is 212 Å². The molecule has 3 aliphatic rings. The molecule has 12 heteroatoms. The minimum absolute atomic E-state index is 0.0320. The monoisotopic (exact) mass is 539 g/mol. The van der Waals surface area contributed by atoms with E-state index in [1.807, 2.05) is 0 Å². The van der Waals surface area contributed by atoms with Crippen LogP contribution in [-0.2, 0) is 24.6 Å². The van der Waals surface area contributed by atoms with Crippen LogP contribution >= 0.6 is 0 Å². The molecule has 2 aliphatic heterocycles. The molecule has 0 amide bonds. The third-order valence-corrected chi connectivity index (χ3v) is 11.3. The van der Waals surface area contributed by atoms with Gasteiger partial charge in [-0.2, -0.15) is 4.31 Å². The summed E-state index contributed by atoms with van der Waals surface area (Å²) in [6.45, 7) is 1.64. The average Bonchev–Trinajstić information content (AvgIpc) is 3.45. The number of H-pyrrole nitrogens is 1. The predicted molar refractivity (Wildman–Crippen MR) is 132 cm³/mol. The Morgan fingerprint density at radius 2 is 1.94 bits per heavy atom. The molecule has 2 aromatic rings. The smallest absolute Gasteiger partial charge is 0.258 e. The maximum atomic E-state index is 12.7. The molecule has 1 spiro atoms. The van der Waals surface area contributed by atoms with Crippen molar-refractivity contribution in [2.75, 3.05) is 32.8 Å². The van der Waals surface area contributed by atoms with Crippen LogP contribution < -0.4 is 10.1 Å². The Morgan fingerprint density at radius 1 is 1.17 bits per heavy atom. The van der Waals surface area contributed by atoms with Gasteiger partial charge < -0.3 is 24.9 Å². The minimum Gasteiger partial charge on any atom is -0.491 e. The zero-order valence-corrected chi connectivity index (χ0v) is 21.6. The van der Waals surface area contributed by atoms with E-state index < -0.39 is 26.0 Å². The second kappa shape index (κ2) is 10.1. The van der Waals surface area contributed by atoms with Gasteiger partial charge in [0.2, 0.25) is 0 Å². The van der Waals surface area contributed by atoms with Crippen molar-refractivity contribution >= 4 is 19.9 Å². The number of benzene rings is 1. The molecule has 3 heterocycles. The maximum Gasteiger partial charge on any atom is 0.258 e. The highest BCUT2D eigenvalue weighted by molar-refractivity contribution is 7.92. The van der Waals surface area contributed by atoms with Gasteiger partial charge in [0.1, 0.15) is 23.5 Å². The zero-order chi connectivity index (χ0) is 25.4. The number of sulfonamides is 1. The van der Waals surface area contributed by atoms with E-state index in [4.69, 9.17) is 9.47 Å². The molecule has 1 aromatic heterocycles. The molecule has 1 saturated carbocycles. The fourth-order valence-corrected chi connectivity index (χ4v) is 8.04. The number of nitrogens with zero attached hydrogens (tertiary/aromatic N) is 1. The Bertz CT molecular complexity index is 1250. The SMILES string of the molecule is O=S(=O)(c1cccc(OCC(O)CNC2COC3(CCN(S(=O)(=O)c4ccc[nH]4)CC3)C2)c1)C1CC1. The summed E-state index contributed by atoms with van der Waals surface area (Å²) in [5.41, 5.74) is -0.353. The van der Waals surface area contributed by atoms with Gasteiger partial charge in [-0.3, -0.25) is 0 Å². The van der Waals surface area contributed by atoms with Crippen molar-refractivity contribution in [1.29, 1.82) is 0 Å². The van der Waals surface area contributed by atoms with Crippen molar-refractivity contribution in [2.24, 2.45) is 0 Å². The molecular weight excluding hydrogens is 506 g/mol. The van der Waals surface area contributed by atoms with Crippen LogP contribution in [-0.4, -0.2) is 87.1 Å². The first-order chi connectivity index (χ1) is 17.2. The summed E-state index contributed by atoms with van der Waals surface area (Å²) in [4.78, 5) is 3.03. The van der Waals surface area contributed by atoms with Crippen LogP contribution in [0.4, 0.5) is 0 Å². The summed E-state index contributed by atoms with van der Waals surface area (Å²) < 4.78 is 63.6. The van der Waals surface area contributed by atoms with Crippen molar-refractivity contribution in [1.82, 2.24) is 14.6 Å². The van der Waals surface area contributed by atoms with Crippen molar-refractivity contribution in [3.8, 4) is 5.75 Å². The minimum atomic E-state index is -3.52. The van der Waals surface area contributed by atoms with Crippen LogP contribution in [0.25, 0.3) is 0 Å². The summed E-state index contributed by atoms with van der Waals surface area (Å²) >= 11 is 0. The fourth-order valence-electron chi connectivity index (χ4n) is 4.94. The number of aliphatic hydroxyl groups is 1. The number of aromatic amines is 1. The Balaban J connectivity index is 1.06. The topological polar surface area (TPSA) is 138 Å². The number of hydrogen-bond donors (Lipinski definition) is 3. The lowest BCUT2D eigenvalue weighted by molar-refractivity contribution is -0.0312. The maximum absolute atomic E-state index is 12.7. The molecule has 3 fully saturated rings. The molecule has 2 atom stereocenters. The van der Waals surface area contributed by atoms with Crippen molar-refractivity contribution in [3.05, 3.63) is 42.6 Å². The molecular formula is C24H33N3O7S2. The Kier molecular flexibility index (Phi) is 7.18. The largest absolute Gasteiger partial charge is 0.491 e. The number of sulfone groups is 1. The second-order valence-electron chi connectivity index (χ2n) is 9.93. The number of ether oxygens (including phenoxy) is 2. The van der Waals surface area contributed by atoms with Crippen LogP contribution in [0.2, 0.25) is 0 Å². The van der Waals surface area contributed by atoms with Gasteiger partial charge in [-0.15, -0.1) is 0 Å². The lowest BCUT2D eigenvalue weighted by atomic mass is 9.88. The number of aliphatic hydroxyl groups excluding tert-OH is 1. The lowest BCUT2D eigenvalue weighted by Crippen LogP contribution is -2.47. The molecule has 10 nitrogen and oxygen atoms in total. The molecule has 0 bridgehead atoms. The highest BCUT2D eigenvalue weighted by Gasteiger charge is 2.45. The molecule has 3 N–H and O–H groups in total. The Hall–Kier alpha value is -1.96. The molecule has 1 aliphatic carbocycles. The van der Waals surface area contributed by atoms with E-state index in [0.717, 1.165) is 6.42 Å². The van der Waals surface area contributed by atoms with Gasteiger partial charge in [0.05, 0.1) is 22.4 Å². The molecule has 2 unspecified atom stereocenters. The number of nitrogens with one attached hydrogen (secondary N) is 2. The molecule has 2 saturated heterocycles. The quantitative estimate of drug-likeness (QED) is 0.411. The van der Waals surface area contributed by atoms with Crippen molar-refractivity contribution in [2.45, 2.75) is 65.0 Å². The van der Waals surface area contributed by atoms with Crippen molar-refractivity contribution in [3.63, 3.8) is 0 Å².